The molecule has 1 heterocycles. The summed E-state index contributed by atoms with van der Waals surface area (Å²) in [5.74, 6) is -1.06. The second-order valence-corrected chi connectivity index (χ2v) is 5.08. The molecule has 0 aliphatic carbocycles. The van der Waals surface area contributed by atoms with Gasteiger partial charge in [0, 0.05) is 5.39 Å². The molecule has 0 aliphatic heterocycles. The van der Waals surface area contributed by atoms with Crippen LogP contribution < -0.4 is 0 Å². The molecule has 0 bridgehead atoms. The van der Waals surface area contributed by atoms with Gasteiger partial charge in [0.05, 0.1) is 17.3 Å². The van der Waals surface area contributed by atoms with Crippen molar-refractivity contribution >= 4 is 23.0 Å². The van der Waals surface area contributed by atoms with E-state index in [0.717, 1.165) is 4.68 Å². The molecule has 19 heavy (non-hydrogen) atoms. The Bertz CT molecular complexity index is 652. The average molecular weight is 262 g/mol. The molecule has 0 saturated carbocycles. The number of hydrogen-bond donors (Lipinski definition) is 1. The Morgan fingerprint density at radius 1 is 1.32 bits per heavy atom. The number of nitrogens with zero attached hydrogens (tertiary/aromatic N) is 2. The first kappa shape index (κ1) is 13.1. The van der Waals surface area contributed by atoms with Crippen LogP contribution in [0, 0.1) is 0 Å². The lowest BCUT2D eigenvalue weighted by molar-refractivity contribution is 0.0522. The van der Waals surface area contributed by atoms with Crippen LogP contribution in [0.3, 0.4) is 0 Å². The summed E-state index contributed by atoms with van der Waals surface area (Å²) in [5.41, 5.74) is -0.124. The molecule has 1 aromatic heterocycles. The van der Waals surface area contributed by atoms with Crippen LogP contribution in [0.5, 0.6) is 0 Å². The number of hydrogen-bond acceptors (Lipinski definition) is 4. The summed E-state index contributed by atoms with van der Waals surface area (Å²) in [4.78, 5) is 23.0. The minimum Gasteiger partial charge on any atom is -0.478 e. The van der Waals surface area contributed by atoms with Gasteiger partial charge in [-0.15, -0.1) is 0 Å². The number of carbonyl (C=O) groups excluding carboxylic acids is 1. The third kappa shape index (κ3) is 2.57. The Labute approximate surface area is 109 Å². The minimum atomic E-state index is -1.06. The predicted octanol–water partition coefficient (Wildman–Crippen LogP) is 2.52. The van der Waals surface area contributed by atoms with Gasteiger partial charge < -0.3 is 9.84 Å². The summed E-state index contributed by atoms with van der Waals surface area (Å²) in [6, 6.07) is 4.65. The van der Waals surface area contributed by atoms with E-state index in [0.29, 0.717) is 10.9 Å². The van der Waals surface area contributed by atoms with Gasteiger partial charge in [0.2, 0.25) is 0 Å². The molecule has 0 amide bonds. The summed E-state index contributed by atoms with van der Waals surface area (Å²) in [6.07, 6.45) is 0.716. The number of rotatable bonds is 1. The maximum atomic E-state index is 11.9. The number of aromatic nitrogens is 2. The summed E-state index contributed by atoms with van der Waals surface area (Å²) < 4.78 is 6.27. The normalized spacial score (nSPS) is 11.5. The van der Waals surface area contributed by atoms with E-state index in [1.165, 1.54) is 12.3 Å². The van der Waals surface area contributed by atoms with Crippen LogP contribution in [-0.4, -0.2) is 32.6 Å². The first-order valence-electron chi connectivity index (χ1n) is 5.73. The highest BCUT2D eigenvalue weighted by Gasteiger charge is 2.21. The van der Waals surface area contributed by atoms with Gasteiger partial charge in [-0.25, -0.2) is 9.59 Å². The lowest BCUT2D eigenvalue weighted by atomic mass is 10.1. The Hall–Kier alpha value is -2.37. The Morgan fingerprint density at radius 2 is 2.00 bits per heavy atom. The molecular weight excluding hydrogens is 248 g/mol. The average Bonchev–Trinajstić information content (AvgIpc) is 2.69. The molecule has 0 spiro atoms. The topological polar surface area (TPSA) is 81.4 Å². The van der Waals surface area contributed by atoms with Crippen molar-refractivity contribution in [1.82, 2.24) is 9.78 Å². The van der Waals surface area contributed by atoms with Crippen LogP contribution in [0.15, 0.2) is 24.4 Å². The lowest BCUT2D eigenvalue weighted by Gasteiger charge is -2.19. The molecule has 1 aromatic carbocycles. The number of benzene rings is 1. The number of carboxylic acid groups (broad SMARTS) is 1. The van der Waals surface area contributed by atoms with Crippen LogP contribution in [0.1, 0.15) is 31.1 Å². The van der Waals surface area contributed by atoms with Crippen LogP contribution in [0.4, 0.5) is 4.79 Å². The molecule has 6 heteroatoms. The van der Waals surface area contributed by atoms with Gasteiger partial charge in [-0.2, -0.15) is 9.78 Å². The van der Waals surface area contributed by atoms with E-state index in [1.54, 1.807) is 32.9 Å². The zero-order chi connectivity index (χ0) is 14.2. The number of ether oxygens (including phenoxy) is 1. The van der Waals surface area contributed by atoms with E-state index < -0.39 is 17.7 Å². The van der Waals surface area contributed by atoms with Crippen LogP contribution in [-0.2, 0) is 4.74 Å². The second-order valence-electron chi connectivity index (χ2n) is 5.08. The van der Waals surface area contributed by atoms with Crippen LogP contribution in [0.2, 0.25) is 0 Å². The summed E-state index contributed by atoms with van der Waals surface area (Å²) >= 11 is 0. The number of fused-ring (bicyclic) bond motifs is 1. The molecule has 0 radical (unpaired) electrons. The smallest absolute Gasteiger partial charge is 0.435 e. The van der Waals surface area contributed by atoms with Gasteiger partial charge in [-0.3, -0.25) is 0 Å². The first-order valence-corrected chi connectivity index (χ1v) is 5.73. The van der Waals surface area contributed by atoms with Gasteiger partial charge in [0.15, 0.2) is 0 Å². The molecule has 2 rings (SSSR count). The number of aromatic carboxylic acids is 1. The van der Waals surface area contributed by atoms with E-state index in [2.05, 4.69) is 5.10 Å². The monoisotopic (exact) mass is 262 g/mol. The highest BCUT2D eigenvalue weighted by Crippen LogP contribution is 2.20. The summed E-state index contributed by atoms with van der Waals surface area (Å²) in [5, 5.41) is 13.4. The fourth-order valence-corrected chi connectivity index (χ4v) is 1.69. The molecule has 1 N–H and O–H groups in total. The molecule has 100 valence electrons. The predicted molar refractivity (Wildman–Crippen MR) is 68.3 cm³/mol. The third-order valence-electron chi connectivity index (χ3n) is 2.41. The van der Waals surface area contributed by atoms with Crippen molar-refractivity contribution in [3.05, 3.63) is 30.0 Å². The maximum Gasteiger partial charge on any atom is 0.435 e. The molecule has 6 nitrogen and oxygen atoms in total. The van der Waals surface area contributed by atoms with Crippen LogP contribution >= 0.6 is 0 Å². The quantitative estimate of drug-likeness (QED) is 0.853. The first-order chi connectivity index (χ1) is 8.79. The zero-order valence-corrected chi connectivity index (χ0v) is 10.9. The summed E-state index contributed by atoms with van der Waals surface area (Å²) in [7, 11) is 0. The Morgan fingerprint density at radius 3 is 2.58 bits per heavy atom. The van der Waals surface area contributed by atoms with Crippen molar-refractivity contribution in [2.75, 3.05) is 0 Å². The van der Waals surface area contributed by atoms with Gasteiger partial charge >= 0.3 is 12.1 Å². The van der Waals surface area contributed by atoms with Gasteiger partial charge in [-0.05, 0) is 32.9 Å². The zero-order valence-electron chi connectivity index (χ0n) is 10.9. The van der Waals surface area contributed by atoms with E-state index in [4.69, 9.17) is 9.84 Å². The summed E-state index contributed by atoms with van der Waals surface area (Å²) in [6.45, 7) is 5.25. The SMILES string of the molecule is CC(C)(C)OC(=O)n1ncc2c(C(=O)O)cccc21. The molecular formula is C13H14N2O4. The number of carboxylic acids is 1. The van der Waals surface area contributed by atoms with Crippen LogP contribution in [0.25, 0.3) is 10.9 Å². The Balaban J connectivity index is 2.50. The van der Waals surface area contributed by atoms with Crippen molar-refractivity contribution in [1.29, 1.82) is 0 Å². The fourth-order valence-electron chi connectivity index (χ4n) is 1.69. The largest absolute Gasteiger partial charge is 0.478 e. The highest BCUT2D eigenvalue weighted by molar-refractivity contribution is 6.04. The molecule has 0 saturated heterocycles. The molecule has 2 aromatic rings. The maximum absolute atomic E-state index is 11.9. The standard InChI is InChI=1S/C13H14N2O4/c1-13(2,3)19-12(18)15-10-6-4-5-8(11(16)17)9(10)7-14-15/h4-7H,1-3H3,(H,16,17). The van der Waals surface area contributed by atoms with Gasteiger partial charge in [-0.1, -0.05) is 6.07 Å². The van der Waals surface area contributed by atoms with E-state index in [-0.39, 0.29) is 5.56 Å². The second kappa shape index (κ2) is 4.38. The molecule has 0 atom stereocenters. The number of carbonyl (C=O) groups is 2. The van der Waals surface area contributed by atoms with Crippen molar-refractivity contribution in [2.24, 2.45) is 0 Å². The molecule has 0 aliphatic rings. The lowest BCUT2D eigenvalue weighted by Crippen LogP contribution is -2.27. The van der Waals surface area contributed by atoms with Crippen molar-refractivity contribution in [2.45, 2.75) is 26.4 Å². The molecule has 0 unspecified atom stereocenters. The highest BCUT2D eigenvalue weighted by atomic mass is 16.6. The third-order valence-corrected chi connectivity index (χ3v) is 2.41. The van der Waals surface area contributed by atoms with Gasteiger partial charge in [0.25, 0.3) is 0 Å². The minimum absolute atomic E-state index is 0.104. The van der Waals surface area contributed by atoms with Crippen molar-refractivity contribution < 1.29 is 19.4 Å². The van der Waals surface area contributed by atoms with E-state index in [9.17, 15) is 9.59 Å². The Kier molecular flexibility index (Phi) is 3.01. The van der Waals surface area contributed by atoms with Gasteiger partial charge in [0.1, 0.15) is 5.60 Å². The van der Waals surface area contributed by atoms with Crippen molar-refractivity contribution in [3.8, 4) is 0 Å². The fraction of sp³-hybridized carbons (Fsp3) is 0.308. The van der Waals surface area contributed by atoms with Crippen molar-refractivity contribution in [3.63, 3.8) is 0 Å². The van der Waals surface area contributed by atoms with E-state index >= 15 is 0 Å². The molecule has 0 fully saturated rings. The van der Waals surface area contributed by atoms with E-state index in [1.807, 2.05) is 0 Å².